The average Bonchev–Trinajstić information content (AvgIpc) is 2.98. The number of benzene rings is 2. The van der Waals surface area contributed by atoms with Crippen molar-refractivity contribution in [2.45, 2.75) is 39.3 Å². The van der Waals surface area contributed by atoms with Crippen LogP contribution >= 0.6 is 34.5 Å². The molecule has 0 unspecified atom stereocenters. The number of hydrogen-bond acceptors (Lipinski definition) is 5. The van der Waals surface area contributed by atoms with E-state index in [4.69, 9.17) is 23.2 Å². The van der Waals surface area contributed by atoms with Crippen LogP contribution in [0.15, 0.2) is 41.2 Å². The Labute approximate surface area is 200 Å². The van der Waals surface area contributed by atoms with Gasteiger partial charge in [0.2, 0.25) is 15.9 Å². The fourth-order valence-electron chi connectivity index (χ4n) is 3.56. The van der Waals surface area contributed by atoms with Gasteiger partial charge in [0.1, 0.15) is 6.04 Å². The van der Waals surface area contributed by atoms with Crippen molar-refractivity contribution in [2.75, 3.05) is 15.9 Å². The molecule has 0 aliphatic rings. The summed E-state index contributed by atoms with van der Waals surface area (Å²) in [5, 5.41) is 3.29. The lowest BCUT2D eigenvalue weighted by molar-refractivity contribution is -0.117. The van der Waals surface area contributed by atoms with Gasteiger partial charge in [-0.25, -0.2) is 8.42 Å². The molecule has 0 spiro atoms. The zero-order valence-electron chi connectivity index (χ0n) is 17.9. The molecule has 1 amide bonds. The Bertz CT molecular complexity index is 1310. The maximum atomic E-state index is 13.1. The van der Waals surface area contributed by atoms with Crippen molar-refractivity contribution < 1.29 is 13.2 Å². The van der Waals surface area contributed by atoms with Crippen molar-refractivity contribution >= 4 is 72.1 Å². The van der Waals surface area contributed by atoms with Crippen molar-refractivity contribution in [1.82, 2.24) is 4.57 Å². The molecule has 1 atom stereocenters. The SMILES string of the molecule is CC[C@@H](C(=O)Nc1ccc2c(c1)sc(=O)n2C(C)C)N(c1cc(Cl)cc(Cl)c1)S(C)(=O)=O. The van der Waals surface area contributed by atoms with Crippen LogP contribution in [0.4, 0.5) is 11.4 Å². The second-order valence-corrected chi connectivity index (χ2v) is 11.3. The standard InChI is InChI=1S/C21H23Cl2N3O4S2/c1-5-17(26(32(4,29)30)16-9-13(22)8-14(23)10-16)20(27)24-15-6-7-18-19(11-15)31-21(28)25(18)12(2)3/h6-12,17H,5H2,1-4H3,(H,24,27)/t17-/m0/s1. The number of carbonyl (C=O) groups is 1. The lowest BCUT2D eigenvalue weighted by Crippen LogP contribution is -2.47. The smallest absolute Gasteiger partial charge is 0.308 e. The summed E-state index contributed by atoms with van der Waals surface area (Å²) in [6.07, 6.45) is 1.23. The van der Waals surface area contributed by atoms with E-state index in [-0.39, 0.29) is 33.1 Å². The van der Waals surface area contributed by atoms with E-state index in [9.17, 15) is 18.0 Å². The van der Waals surface area contributed by atoms with Crippen LogP contribution in [0.2, 0.25) is 10.0 Å². The van der Waals surface area contributed by atoms with E-state index in [1.165, 1.54) is 18.2 Å². The normalized spacial score (nSPS) is 12.8. The van der Waals surface area contributed by atoms with Gasteiger partial charge in [-0.1, -0.05) is 41.5 Å². The Balaban J connectivity index is 1.97. The molecule has 2 aromatic carbocycles. The fraction of sp³-hybridized carbons (Fsp3) is 0.333. The molecule has 3 aromatic rings. The highest BCUT2D eigenvalue weighted by molar-refractivity contribution is 7.92. The summed E-state index contributed by atoms with van der Waals surface area (Å²) in [7, 11) is -3.83. The quantitative estimate of drug-likeness (QED) is 0.472. The third kappa shape index (κ3) is 5.11. The number of sulfonamides is 1. The molecule has 11 heteroatoms. The third-order valence-corrected chi connectivity index (χ3v) is 7.36. The number of amides is 1. The van der Waals surface area contributed by atoms with Gasteiger partial charge in [-0.15, -0.1) is 0 Å². The number of thiazole rings is 1. The first-order chi connectivity index (χ1) is 14.9. The minimum Gasteiger partial charge on any atom is -0.324 e. The molecule has 0 fully saturated rings. The molecule has 1 N–H and O–H groups in total. The zero-order chi connectivity index (χ0) is 23.8. The summed E-state index contributed by atoms with van der Waals surface area (Å²) in [4.78, 5) is 25.3. The minimum atomic E-state index is -3.83. The molecule has 0 saturated heterocycles. The third-order valence-electron chi connectivity index (χ3n) is 4.83. The molecule has 0 radical (unpaired) electrons. The molecule has 1 aromatic heterocycles. The molecule has 0 aliphatic carbocycles. The van der Waals surface area contributed by atoms with Gasteiger partial charge < -0.3 is 5.32 Å². The number of aromatic nitrogens is 1. The molecular formula is C21H23Cl2N3O4S2. The zero-order valence-corrected chi connectivity index (χ0v) is 21.1. The number of fused-ring (bicyclic) bond motifs is 1. The Hall–Kier alpha value is -2.07. The summed E-state index contributed by atoms with van der Waals surface area (Å²) in [6.45, 7) is 5.57. The van der Waals surface area contributed by atoms with Crippen LogP contribution in [0, 0.1) is 0 Å². The predicted octanol–water partition coefficient (Wildman–Crippen LogP) is 5.13. The fourth-order valence-corrected chi connectivity index (χ4v) is 6.32. The summed E-state index contributed by atoms with van der Waals surface area (Å²) < 4.78 is 28.7. The summed E-state index contributed by atoms with van der Waals surface area (Å²) in [5.74, 6) is -0.510. The van der Waals surface area contributed by atoms with Gasteiger partial charge in [0.15, 0.2) is 0 Å². The number of nitrogens with one attached hydrogen (secondary N) is 1. The van der Waals surface area contributed by atoms with Gasteiger partial charge in [-0.3, -0.25) is 18.5 Å². The van der Waals surface area contributed by atoms with Crippen molar-refractivity contribution in [2.24, 2.45) is 0 Å². The maximum Gasteiger partial charge on any atom is 0.308 e. The molecule has 3 rings (SSSR count). The Morgan fingerprint density at radius 1 is 1.16 bits per heavy atom. The van der Waals surface area contributed by atoms with E-state index in [2.05, 4.69) is 5.32 Å². The van der Waals surface area contributed by atoms with E-state index >= 15 is 0 Å². The maximum absolute atomic E-state index is 13.1. The molecule has 1 heterocycles. The predicted molar refractivity (Wildman–Crippen MR) is 133 cm³/mol. The highest BCUT2D eigenvalue weighted by Crippen LogP contribution is 2.30. The van der Waals surface area contributed by atoms with Crippen molar-refractivity contribution in [3.05, 3.63) is 56.1 Å². The number of nitrogens with zero attached hydrogens (tertiary/aromatic N) is 2. The lowest BCUT2D eigenvalue weighted by atomic mass is 10.1. The number of hydrogen-bond donors (Lipinski definition) is 1. The van der Waals surface area contributed by atoms with E-state index in [0.29, 0.717) is 5.69 Å². The van der Waals surface area contributed by atoms with Crippen LogP contribution in [-0.2, 0) is 14.8 Å². The topological polar surface area (TPSA) is 88.5 Å². The minimum absolute atomic E-state index is 0.00834. The van der Waals surface area contributed by atoms with Crippen LogP contribution in [0.3, 0.4) is 0 Å². The van der Waals surface area contributed by atoms with Crippen molar-refractivity contribution in [1.29, 1.82) is 0 Å². The molecule has 0 bridgehead atoms. The van der Waals surface area contributed by atoms with Crippen LogP contribution in [-0.4, -0.2) is 31.2 Å². The number of halogens is 2. The first-order valence-electron chi connectivity index (χ1n) is 9.83. The average molecular weight is 516 g/mol. The number of carbonyl (C=O) groups excluding carboxylic acids is 1. The Morgan fingerprint density at radius 3 is 2.31 bits per heavy atom. The van der Waals surface area contributed by atoms with Gasteiger partial charge in [-0.05, 0) is 56.7 Å². The van der Waals surface area contributed by atoms with Gasteiger partial charge >= 0.3 is 4.87 Å². The van der Waals surface area contributed by atoms with E-state index < -0.39 is 22.0 Å². The van der Waals surface area contributed by atoms with Crippen molar-refractivity contribution in [3.63, 3.8) is 0 Å². The number of rotatable bonds is 7. The highest BCUT2D eigenvalue weighted by atomic mass is 35.5. The first kappa shape index (κ1) is 24.6. The van der Waals surface area contributed by atoms with Crippen LogP contribution in [0.5, 0.6) is 0 Å². The second kappa shape index (κ2) is 9.43. The molecule has 32 heavy (non-hydrogen) atoms. The van der Waals surface area contributed by atoms with Crippen LogP contribution in [0.25, 0.3) is 10.2 Å². The molecule has 7 nitrogen and oxygen atoms in total. The molecule has 0 aliphatic heterocycles. The Morgan fingerprint density at radius 2 is 1.78 bits per heavy atom. The largest absolute Gasteiger partial charge is 0.324 e. The lowest BCUT2D eigenvalue weighted by Gasteiger charge is -2.30. The monoisotopic (exact) mass is 515 g/mol. The summed E-state index contributed by atoms with van der Waals surface area (Å²) in [5.41, 5.74) is 1.46. The second-order valence-electron chi connectivity index (χ2n) is 7.61. The van der Waals surface area contributed by atoms with E-state index in [1.54, 1.807) is 29.7 Å². The molecular weight excluding hydrogens is 493 g/mol. The van der Waals surface area contributed by atoms with Crippen LogP contribution < -0.4 is 14.5 Å². The number of anilines is 2. The Kier molecular flexibility index (Phi) is 7.24. The first-order valence-corrected chi connectivity index (χ1v) is 13.3. The highest BCUT2D eigenvalue weighted by Gasteiger charge is 2.32. The summed E-state index contributed by atoms with van der Waals surface area (Å²) in [6, 6.07) is 8.53. The van der Waals surface area contributed by atoms with Crippen molar-refractivity contribution in [3.8, 4) is 0 Å². The van der Waals surface area contributed by atoms with E-state index in [1.807, 2.05) is 13.8 Å². The molecule has 0 saturated carbocycles. The van der Waals surface area contributed by atoms with Gasteiger partial charge in [0.25, 0.3) is 0 Å². The van der Waals surface area contributed by atoms with Gasteiger partial charge in [0.05, 0.1) is 22.2 Å². The van der Waals surface area contributed by atoms with Crippen LogP contribution in [0.1, 0.15) is 33.2 Å². The van der Waals surface area contributed by atoms with E-state index in [0.717, 1.165) is 32.1 Å². The summed E-state index contributed by atoms with van der Waals surface area (Å²) >= 11 is 13.2. The molecule has 172 valence electrons. The van der Waals surface area contributed by atoms with Gasteiger partial charge in [0, 0.05) is 21.8 Å². The van der Waals surface area contributed by atoms with Gasteiger partial charge in [-0.2, -0.15) is 0 Å².